The molecule has 21 heavy (non-hydrogen) atoms. The number of hydrogen-bond acceptors (Lipinski definition) is 4. The third-order valence-corrected chi connectivity index (χ3v) is 4.50. The Kier molecular flexibility index (Phi) is 3.02. The van der Waals surface area contributed by atoms with Crippen LogP contribution < -0.4 is 10.5 Å². The molecule has 0 saturated carbocycles. The highest BCUT2D eigenvalue weighted by Gasteiger charge is 2.27. The summed E-state index contributed by atoms with van der Waals surface area (Å²) in [6.45, 7) is 0.710. The first kappa shape index (κ1) is 12.6. The quantitative estimate of drug-likeness (QED) is 0.873. The Hall–Kier alpha value is -2.10. The fraction of sp³-hybridized carbons (Fsp3) is 0.412. The van der Waals surface area contributed by atoms with Gasteiger partial charge in [0.25, 0.3) is 0 Å². The normalized spacial score (nSPS) is 20.3. The van der Waals surface area contributed by atoms with Crippen LogP contribution in [0.3, 0.4) is 0 Å². The molecule has 0 bridgehead atoms. The molecule has 4 rings (SSSR count). The van der Waals surface area contributed by atoms with E-state index in [1.165, 1.54) is 24.0 Å². The molecule has 4 heteroatoms. The lowest BCUT2D eigenvalue weighted by Gasteiger charge is -2.26. The molecule has 2 aliphatic rings. The number of ether oxygens (including phenoxy) is 1. The minimum absolute atomic E-state index is 0.199. The number of anilines is 1. The first-order valence-corrected chi connectivity index (χ1v) is 7.70. The highest BCUT2D eigenvalue weighted by molar-refractivity contribution is 5.46. The monoisotopic (exact) mass is 281 g/mol. The Bertz CT molecular complexity index is 684. The van der Waals surface area contributed by atoms with Crippen molar-refractivity contribution in [1.82, 2.24) is 9.97 Å². The Morgan fingerprint density at radius 3 is 2.90 bits per heavy atom. The minimum Gasteiger partial charge on any atom is -0.493 e. The number of para-hydroxylation sites is 1. The summed E-state index contributed by atoms with van der Waals surface area (Å²) in [5, 5.41) is 0. The van der Waals surface area contributed by atoms with E-state index in [2.05, 4.69) is 11.1 Å². The average molecular weight is 281 g/mol. The number of fused-ring (bicyclic) bond motifs is 2. The third-order valence-electron chi connectivity index (χ3n) is 4.50. The molecule has 1 unspecified atom stereocenters. The van der Waals surface area contributed by atoms with E-state index in [-0.39, 0.29) is 5.92 Å². The molecular formula is C17H19N3O. The summed E-state index contributed by atoms with van der Waals surface area (Å²) in [6.07, 6.45) is 5.36. The zero-order valence-corrected chi connectivity index (χ0v) is 12.0. The number of nitrogen functional groups attached to an aromatic ring is 1. The summed E-state index contributed by atoms with van der Waals surface area (Å²) in [5.41, 5.74) is 9.70. The van der Waals surface area contributed by atoms with Crippen LogP contribution in [0.5, 0.6) is 5.75 Å². The van der Waals surface area contributed by atoms with Gasteiger partial charge in [0.05, 0.1) is 12.5 Å². The number of hydrogen-bond donors (Lipinski definition) is 1. The molecule has 1 aliphatic heterocycles. The van der Waals surface area contributed by atoms with E-state index >= 15 is 0 Å². The number of benzene rings is 1. The zero-order valence-electron chi connectivity index (χ0n) is 12.0. The van der Waals surface area contributed by atoms with Crippen molar-refractivity contribution < 1.29 is 4.74 Å². The second kappa shape index (κ2) is 5.02. The van der Waals surface area contributed by atoms with Crippen molar-refractivity contribution in [3.63, 3.8) is 0 Å². The van der Waals surface area contributed by atoms with Crippen molar-refractivity contribution in [2.45, 2.75) is 38.0 Å². The molecule has 0 spiro atoms. The maximum Gasteiger partial charge on any atom is 0.138 e. The predicted molar refractivity (Wildman–Crippen MR) is 81.5 cm³/mol. The Morgan fingerprint density at radius 1 is 1.10 bits per heavy atom. The number of nitrogens with zero attached hydrogens (tertiary/aromatic N) is 2. The van der Waals surface area contributed by atoms with Crippen LogP contribution in [-0.4, -0.2) is 16.6 Å². The van der Waals surface area contributed by atoms with E-state index in [4.69, 9.17) is 15.5 Å². The number of aromatic nitrogens is 2. The lowest BCUT2D eigenvalue weighted by molar-refractivity contribution is 0.274. The molecule has 1 aromatic heterocycles. The van der Waals surface area contributed by atoms with Crippen molar-refractivity contribution in [2.24, 2.45) is 0 Å². The van der Waals surface area contributed by atoms with Crippen molar-refractivity contribution in [3.05, 3.63) is 46.9 Å². The molecule has 1 aliphatic carbocycles. The van der Waals surface area contributed by atoms with Crippen LogP contribution in [0.4, 0.5) is 5.82 Å². The van der Waals surface area contributed by atoms with Gasteiger partial charge in [-0.3, -0.25) is 0 Å². The molecule has 2 N–H and O–H groups in total. The van der Waals surface area contributed by atoms with Crippen molar-refractivity contribution in [1.29, 1.82) is 0 Å². The maximum atomic E-state index is 6.19. The summed E-state index contributed by atoms with van der Waals surface area (Å²) >= 11 is 0. The van der Waals surface area contributed by atoms with Crippen LogP contribution in [0.1, 0.15) is 47.8 Å². The van der Waals surface area contributed by atoms with Crippen LogP contribution >= 0.6 is 0 Å². The van der Waals surface area contributed by atoms with Crippen molar-refractivity contribution in [2.75, 3.05) is 12.3 Å². The summed E-state index contributed by atoms with van der Waals surface area (Å²) in [4.78, 5) is 9.47. The third kappa shape index (κ3) is 2.15. The predicted octanol–water partition coefficient (Wildman–Crippen LogP) is 2.85. The molecule has 2 heterocycles. The minimum atomic E-state index is 0.199. The van der Waals surface area contributed by atoms with Crippen molar-refractivity contribution >= 4 is 5.82 Å². The highest BCUT2D eigenvalue weighted by Crippen LogP contribution is 2.37. The SMILES string of the molecule is Nc1nc(C2CCOc3ccccc32)nc2c1CCCC2. The summed E-state index contributed by atoms with van der Waals surface area (Å²) in [7, 11) is 0. The Balaban J connectivity index is 1.79. The standard InChI is InChI=1S/C17H19N3O/c18-16-13-6-1-3-7-14(13)19-17(20-16)12-9-10-21-15-8-4-2-5-11(12)15/h2,4-5,8,12H,1,3,6-7,9-10H2,(H2,18,19,20). The molecule has 108 valence electrons. The van der Waals surface area contributed by atoms with Gasteiger partial charge in [-0.25, -0.2) is 9.97 Å². The van der Waals surface area contributed by atoms with Gasteiger partial charge in [0.2, 0.25) is 0 Å². The van der Waals surface area contributed by atoms with E-state index < -0.39 is 0 Å². The Labute approximate surface area is 124 Å². The zero-order chi connectivity index (χ0) is 14.2. The van der Waals surface area contributed by atoms with Gasteiger partial charge in [0, 0.05) is 16.8 Å². The fourth-order valence-corrected chi connectivity index (χ4v) is 3.41. The summed E-state index contributed by atoms with van der Waals surface area (Å²) < 4.78 is 5.73. The summed E-state index contributed by atoms with van der Waals surface area (Å²) in [5.74, 6) is 2.70. The topological polar surface area (TPSA) is 61.0 Å². The van der Waals surface area contributed by atoms with E-state index in [0.717, 1.165) is 36.5 Å². The molecule has 1 aromatic carbocycles. The van der Waals surface area contributed by atoms with Crippen LogP contribution in [0, 0.1) is 0 Å². The van der Waals surface area contributed by atoms with Crippen LogP contribution in [0.25, 0.3) is 0 Å². The Morgan fingerprint density at radius 2 is 1.95 bits per heavy atom. The second-order valence-electron chi connectivity index (χ2n) is 5.83. The molecule has 0 radical (unpaired) electrons. The molecule has 4 nitrogen and oxygen atoms in total. The van der Waals surface area contributed by atoms with Gasteiger partial charge >= 0.3 is 0 Å². The van der Waals surface area contributed by atoms with Gasteiger partial charge in [0.15, 0.2) is 0 Å². The first-order chi connectivity index (χ1) is 10.3. The second-order valence-corrected chi connectivity index (χ2v) is 5.83. The smallest absolute Gasteiger partial charge is 0.138 e. The first-order valence-electron chi connectivity index (χ1n) is 7.70. The highest BCUT2D eigenvalue weighted by atomic mass is 16.5. The van der Waals surface area contributed by atoms with Gasteiger partial charge in [-0.15, -0.1) is 0 Å². The van der Waals surface area contributed by atoms with Crippen LogP contribution in [0.2, 0.25) is 0 Å². The largest absolute Gasteiger partial charge is 0.493 e. The number of aryl methyl sites for hydroxylation is 1. The molecule has 2 aromatic rings. The van der Waals surface area contributed by atoms with Gasteiger partial charge in [0.1, 0.15) is 17.4 Å². The van der Waals surface area contributed by atoms with E-state index in [0.29, 0.717) is 12.4 Å². The van der Waals surface area contributed by atoms with E-state index in [1.54, 1.807) is 0 Å². The number of nitrogens with two attached hydrogens (primary N) is 1. The van der Waals surface area contributed by atoms with Crippen molar-refractivity contribution in [3.8, 4) is 5.75 Å². The van der Waals surface area contributed by atoms with Gasteiger partial charge in [-0.05, 0) is 38.2 Å². The van der Waals surface area contributed by atoms with Gasteiger partial charge < -0.3 is 10.5 Å². The fourth-order valence-electron chi connectivity index (χ4n) is 3.41. The van der Waals surface area contributed by atoms with Crippen LogP contribution in [0.15, 0.2) is 24.3 Å². The molecule has 0 amide bonds. The van der Waals surface area contributed by atoms with E-state index in [9.17, 15) is 0 Å². The number of rotatable bonds is 1. The van der Waals surface area contributed by atoms with E-state index in [1.807, 2.05) is 18.2 Å². The molecule has 0 fully saturated rings. The lowest BCUT2D eigenvalue weighted by atomic mass is 9.91. The maximum absolute atomic E-state index is 6.19. The average Bonchev–Trinajstić information content (AvgIpc) is 2.54. The molecule has 0 saturated heterocycles. The lowest BCUT2D eigenvalue weighted by Crippen LogP contribution is -2.20. The summed E-state index contributed by atoms with van der Waals surface area (Å²) in [6, 6.07) is 8.17. The molecule has 1 atom stereocenters. The molecular weight excluding hydrogens is 262 g/mol. The van der Waals surface area contributed by atoms with Gasteiger partial charge in [-0.1, -0.05) is 18.2 Å². The van der Waals surface area contributed by atoms with Gasteiger partial charge in [-0.2, -0.15) is 0 Å². The van der Waals surface area contributed by atoms with Crippen LogP contribution in [-0.2, 0) is 12.8 Å².